The first-order chi connectivity index (χ1) is 16.1. The van der Waals surface area contributed by atoms with E-state index in [-0.39, 0.29) is 5.96 Å². The molecule has 0 radical (unpaired) electrons. The summed E-state index contributed by atoms with van der Waals surface area (Å²) in [5.41, 5.74) is 12.8. The molecule has 1 heterocycles. The number of fused-ring (bicyclic) bond motifs is 1. The van der Waals surface area contributed by atoms with E-state index in [1.165, 1.54) is 5.56 Å². The SMILES string of the molecule is CN(Cc1ccc(OCCCN=C(N)N)cc1)c1nc2ccc(Oc3ccccc3)cc2s1. The van der Waals surface area contributed by atoms with Gasteiger partial charge in [0.25, 0.3) is 0 Å². The zero-order valence-corrected chi connectivity index (χ0v) is 19.3. The largest absolute Gasteiger partial charge is 0.494 e. The number of thiazole rings is 1. The van der Waals surface area contributed by atoms with Gasteiger partial charge in [-0.15, -0.1) is 0 Å². The maximum Gasteiger partial charge on any atom is 0.186 e. The number of aliphatic imine (C=N–C) groups is 1. The maximum absolute atomic E-state index is 5.95. The van der Waals surface area contributed by atoms with E-state index in [4.69, 9.17) is 25.9 Å². The first-order valence-corrected chi connectivity index (χ1v) is 11.5. The molecular weight excluding hydrogens is 434 g/mol. The van der Waals surface area contributed by atoms with Crippen molar-refractivity contribution in [1.82, 2.24) is 4.98 Å². The summed E-state index contributed by atoms with van der Waals surface area (Å²) >= 11 is 1.65. The van der Waals surface area contributed by atoms with E-state index in [9.17, 15) is 0 Å². The molecule has 8 heteroatoms. The summed E-state index contributed by atoms with van der Waals surface area (Å²) in [5.74, 6) is 2.56. The second-order valence-electron chi connectivity index (χ2n) is 7.55. The molecule has 0 fully saturated rings. The van der Waals surface area contributed by atoms with E-state index in [0.29, 0.717) is 13.2 Å². The number of rotatable bonds is 10. The van der Waals surface area contributed by atoms with Gasteiger partial charge >= 0.3 is 0 Å². The molecule has 0 aliphatic carbocycles. The van der Waals surface area contributed by atoms with Gasteiger partial charge in [-0.1, -0.05) is 41.7 Å². The van der Waals surface area contributed by atoms with Crippen LogP contribution in [0, 0.1) is 0 Å². The number of ether oxygens (including phenoxy) is 2. The minimum atomic E-state index is 0.109. The van der Waals surface area contributed by atoms with Crippen LogP contribution in [0.4, 0.5) is 5.13 Å². The number of para-hydroxylation sites is 1. The highest BCUT2D eigenvalue weighted by Gasteiger charge is 2.10. The third kappa shape index (κ3) is 6.36. The summed E-state index contributed by atoms with van der Waals surface area (Å²) in [6, 6.07) is 23.9. The molecule has 0 unspecified atom stereocenters. The number of hydrogen-bond acceptors (Lipinski definition) is 6. The van der Waals surface area contributed by atoms with E-state index in [2.05, 4.69) is 22.0 Å². The van der Waals surface area contributed by atoms with Crippen LogP contribution < -0.4 is 25.8 Å². The number of anilines is 1. The van der Waals surface area contributed by atoms with E-state index in [1.807, 2.05) is 67.7 Å². The van der Waals surface area contributed by atoms with Crippen molar-refractivity contribution in [2.45, 2.75) is 13.0 Å². The van der Waals surface area contributed by atoms with Crippen LogP contribution in [0.15, 0.2) is 77.8 Å². The molecule has 0 saturated carbocycles. The van der Waals surface area contributed by atoms with Crippen molar-refractivity contribution in [2.24, 2.45) is 16.5 Å². The summed E-state index contributed by atoms with van der Waals surface area (Å²) in [5, 5.41) is 0.960. The highest BCUT2D eigenvalue weighted by molar-refractivity contribution is 7.22. The van der Waals surface area contributed by atoms with Crippen molar-refractivity contribution in [1.29, 1.82) is 0 Å². The van der Waals surface area contributed by atoms with Crippen LogP contribution in [0.3, 0.4) is 0 Å². The summed E-state index contributed by atoms with van der Waals surface area (Å²) < 4.78 is 12.8. The Morgan fingerprint density at radius 1 is 0.970 bits per heavy atom. The van der Waals surface area contributed by atoms with Crippen molar-refractivity contribution in [3.05, 3.63) is 78.4 Å². The normalized spacial score (nSPS) is 10.7. The van der Waals surface area contributed by atoms with Gasteiger partial charge in [-0.2, -0.15) is 0 Å². The predicted octanol–water partition coefficient (Wildman–Crippen LogP) is 4.77. The molecule has 7 nitrogen and oxygen atoms in total. The summed E-state index contributed by atoms with van der Waals surface area (Å²) in [4.78, 5) is 10.9. The summed E-state index contributed by atoms with van der Waals surface area (Å²) in [6.07, 6.45) is 0.762. The molecule has 4 aromatic rings. The first-order valence-electron chi connectivity index (χ1n) is 10.7. The second kappa shape index (κ2) is 10.7. The number of nitrogens with two attached hydrogens (primary N) is 2. The minimum absolute atomic E-state index is 0.109. The van der Waals surface area contributed by atoms with Crippen LogP contribution in [-0.4, -0.2) is 31.1 Å². The van der Waals surface area contributed by atoms with Crippen LogP contribution >= 0.6 is 11.3 Å². The van der Waals surface area contributed by atoms with Gasteiger partial charge in [-0.05, 0) is 42.0 Å². The lowest BCUT2D eigenvalue weighted by Crippen LogP contribution is -2.23. The third-order valence-corrected chi connectivity index (χ3v) is 6.00. The van der Waals surface area contributed by atoms with Gasteiger partial charge in [0, 0.05) is 32.6 Å². The monoisotopic (exact) mass is 461 g/mol. The van der Waals surface area contributed by atoms with E-state index in [1.54, 1.807) is 11.3 Å². The summed E-state index contributed by atoms with van der Waals surface area (Å²) in [7, 11) is 2.05. The Morgan fingerprint density at radius 2 is 1.73 bits per heavy atom. The number of benzene rings is 3. The molecule has 0 amide bonds. The van der Waals surface area contributed by atoms with Gasteiger partial charge in [-0.25, -0.2) is 4.98 Å². The maximum atomic E-state index is 5.95. The lowest BCUT2D eigenvalue weighted by Gasteiger charge is -2.16. The lowest BCUT2D eigenvalue weighted by molar-refractivity contribution is 0.313. The molecule has 0 atom stereocenters. The van der Waals surface area contributed by atoms with Crippen molar-refractivity contribution >= 4 is 32.6 Å². The van der Waals surface area contributed by atoms with Crippen LogP contribution in [0.25, 0.3) is 10.2 Å². The topological polar surface area (TPSA) is 99.0 Å². The first kappa shape index (κ1) is 22.4. The molecule has 0 saturated heterocycles. The average Bonchev–Trinajstić information content (AvgIpc) is 3.24. The quantitative estimate of drug-likeness (QED) is 0.201. The molecule has 0 aliphatic heterocycles. The molecule has 170 valence electrons. The van der Waals surface area contributed by atoms with Crippen LogP contribution in [0.5, 0.6) is 17.2 Å². The zero-order chi connectivity index (χ0) is 23.0. The van der Waals surface area contributed by atoms with Crippen LogP contribution in [0.2, 0.25) is 0 Å². The van der Waals surface area contributed by atoms with Gasteiger partial charge < -0.3 is 25.8 Å². The Morgan fingerprint density at radius 3 is 2.48 bits per heavy atom. The van der Waals surface area contributed by atoms with Crippen LogP contribution in [-0.2, 0) is 6.54 Å². The zero-order valence-electron chi connectivity index (χ0n) is 18.5. The molecule has 0 aliphatic rings. The fraction of sp³-hybridized carbons (Fsp3) is 0.200. The van der Waals surface area contributed by atoms with Crippen molar-refractivity contribution in [3.8, 4) is 17.2 Å². The minimum Gasteiger partial charge on any atom is -0.494 e. The molecule has 1 aromatic heterocycles. The molecule has 4 rings (SSSR count). The number of hydrogen-bond donors (Lipinski definition) is 2. The highest BCUT2D eigenvalue weighted by Crippen LogP contribution is 2.33. The number of guanidine groups is 1. The lowest BCUT2D eigenvalue weighted by atomic mass is 10.2. The number of nitrogens with zero attached hydrogens (tertiary/aromatic N) is 3. The third-order valence-electron chi connectivity index (χ3n) is 4.86. The van der Waals surface area contributed by atoms with E-state index in [0.717, 1.165) is 45.6 Å². The molecular formula is C25H27N5O2S. The van der Waals surface area contributed by atoms with E-state index < -0.39 is 0 Å². The van der Waals surface area contributed by atoms with E-state index >= 15 is 0 Å². The van der Waals surface area contributed by atoms with Gasteiger partial charge in [-0.3, -0.25) is 4.99 Å². The van der Waals surface area contributed by atoms with Crippen LogP contribution in [0.1, 0.15) is 12.0 Å². The van der Waals surface area contributed by atoms with Crippen molar-refractivity contribution in [2.75, 3.05) is 25.1 Å². The molecule has 0 bridgehead atoms. The van der Waals surface area contributed by atoms with Crippen molar-refractivity contribution < 1.29 is 9.47 Å². The predicted molar refractivity (Wildman–Crippen MR) is 135 cm³/mol. The van der Waals surface area contributed by atoms with Gasteiger partial charge in [0.15, 0.2) is 11.1 Å². The summed E-state index contributed by atoms with van der Waals surface area (Å²) in [6.45, 7) is 1.88. The van der Waals surface area contributed by atoms with Gasteiger partial charge in [0.2, 0.25) is 0 Å². The number of aromatic nitrogens is 1. The van der Waals surface area contributed by atoms with Crippen molar-refractivity contribution in [3.63, 3.8) is 0 Å². The fourth-order valence-corrected chi connectivity index (χ4v) is 4.19. The standard InChI is InChI=1S/C25H27N5O2S/c1-30(17-18-8-10-19(11-9-18)31-15-5-14-28-24(26)27)25-29-22-13-12-21(16-23(22)33-25)32-20-6-3-2-4-7-20/h2-4,6-13,16H,5,14-15,17H2,1H3,(H4,26,27,28). The Balaban J connectivity index is 1.34. The molecule has 4 N–H and O–H groups in total. The molecule has 33 heavy (non-hydrogen) atoms. The Labute approximate surface area is 197 Å². The second-order valence-corrected chi connectivity index (χ2v) is 8.56. The molecule has 0 spiro atoms. The smallest absolute Gasteiger partial charge is 0.186 e. The Kier molecular flexibility index (Phi) is 7.26. The Hall–Kier alpha value is -3.78. The highest BCUT2D eigenvalue weighted by atomic mass is 32.1. The fourth-order valence-electron chi connectivity index (χ4n) is 3.24. The van der Waals surface area contributed by atoms with Gasteiger partial charge in [0.05, 0.1) is 16.8 Å². The average molecular weight is 462 g/mol. The van der Waals surface area contributed by atoms with Gasteiger partial charge in [0.1, 0.15) is 17.2 Å². The molecule has 3 aromatic carbocycles. The Bertz CT molecular complexity index is 1200.